The molecule has 1 unspecified atom stereocenters. The fraction of sp³-hybridized carbons (Fsp3) is 0.562. The predicted octanol–water partition coefficient (Wildman–Crippen LogP) is 2.35. The van der Waals surface area contributed by atoms with Crippen LogP contribution >= 0.6 is 0 Å². The lowest BCUT2D eigenvalue weighted by molar-refractivity contribution is -0.121. The molecule has 4 nitrogen and oxygen atoms in total. The van der Waals surface area contributed by atoms with Crippen molar-refractivity contribution in [1.29, 1.82) is 0 Å². The van der Waals surface area contributed by atoms with Gasteiger partial charge in [0, 0.05) is 26.7 Å². The summed E-state index contributed by atoms with van der Waals surface area (Å²) >= 11 is 0. The minimum absolute atomic E-state index is 0.0956. The highest BCUT2D eigenvalue weighted by molar-refractivity contribution is 5.76. The van der Waals surface area contributed by atoms with E-state index in [4.69, 9.17) is 9.47 Å². The molecule has 0 aromatic heterocycles. The van der Waals surface area contributed by atoms with Crippen LogP contribution in [0.5, 0.6) is 0 Å². The molecule has 0 saturated carbocycles. The van der Waals surface area contributed by atoms with Crippen LogP contribution in [0.3, 0.4) is 0 Å². The van der Waals surface area contributed by atoms with Crippen LogP contribution in [0.2, 0.25) is 0 Å². The lowest BCUT2D eigenvalue weighted by atomic mass is 9.98. The third-order valence-electron chi connectivity index (χ3n) is 3.08. The van der Waals surface area contributed by atoms with Gasteiger partial charge in [-0.2, -0.15) is 0 Å². The van der Waals surface area contributed by atoms with Gasteiger partial charge >= 0.3 is 0 Å². The molecule has 0 heterocycles. The van der Waals surface area contributed by atoms with E-state index in [1.807, 2.05) is 18.2 Å². The summed E-state index contributed by atoms with van der Waals surface area (Å²) in [6, 6.07) is 10.1. The van der Waals surface area contributed by atoms with Gasteiger partial charge in [0.05, 0.1) is 13.2 Å². The first-order chi connectivity index (χ1) is 9.74. The first kappa shape index (κ1) is 16.7. The molecule has 0 saturated heterocycles. The summed E-state index contributed by atoms with van der Waals surface area (Å²) in [4.78, 5) is 11.8. The second-order valence-corrected chi connectivity index (χ2v) is 4.82. The topological polar surface area (TPSA) is 47.6 Å². The smallest absolute Gasteiger partial charge is 0.220 e. The van der Waals surface area contributed by atoms with Gasteiger partial charge in [0.2, 0.25) is 5.91 Å². The van der Waals surface area contributed by atoms with Crippen molar-refractivity contribution >= 4 is 5.91 Å². The van der Waals surface area contributed by atoms with E-state index < -0.39 is 0 Å². The molecule has 1 aromatic carbocycles. The summed E-state index contributed by atoms with van der Waals surface area (Å²) in [5, 5.41) is 2.92. The molecule has 0 aliphatic heterocycles. The van der Waals surface area contributed by atoms with E-state index in [1.54, 1.807) is 7.11 Å². The first-order valence-corrected chi connectivity index (χ1v) is 7.12. The van der Waals surface area contributed by atoms with Crippen LogP contribution in [-0.2, 0) is 14.3 Å². The lowest BCUT2D eigenvalue weighted by Crippen LogP contribution is -2.26. The van der Waals surface area contributed by atoms with Crippen molar-refractivity contribution in [2.45, 2.75) is 25.7 Å². The van der Waals surface area contributed by atoms with E-state index in [1.165, 1.54) is 5.56 Å². The van der Waals surface area contributed by atoms with Crippen LogP contribution in [-0.4, -0.2) is 39.4 Å². The van der Waals surface area contributed by atoms with Crippen molar-refractivity contribution in [2.24, 2.45) is 0 Å². The van der Waals surface area contributed by atoms with Crippen molar-refractivity contribution in [2.75, 3.05) is 33.5 Å². The van der Waals surface area contributed by atoms with E-state index in [0.717, 1.165) is 6.42 Å². The SMILES string of the molecule is COCCOCCCNC(=O)CC(C)c1ccccc1. The largest absolute Gasteiger partial charge is 0.382 e. The molecule has 1 amide bonds. The van der Waals surface area contributed by atoms with Crippen molar-refractivity contribution in [3.8, 4) is 0 Å². The maximum atomic E-state index is 11.8. The van der Waals surface area contributed by atoms with Crippen molar-refractivity contribution in [1.82, 2.24) is 5.32 Å². The van der Waals surface area contributed by atoms with E-state index in [2.05, 4.69) is 24.4 Å². The van der Waals surface area contributed by atoms with Crippen LogP contribution < -0.4 is 5.32 Å². The molecule has 0 spiro atoms. The standard InChI is InChI=1S/C16H25NO3/c1-14(15-7-4-3-5-8-15)13-16(18)17-9-6-10-20-12-11-19-2/h3-5,7-8,14H,6,9-13H2,1-2H3,(H,17,18). The van der Waals surface area contributed by atoms with Crippen LogP contribution in [0.1, 0.15) is 31.2 Å². The summed E-state index contributed by atoms with van der Waals surface area (Å²) < 4.78 is 10.2. The van der Waals surface area contributed by atoms with Gasteiger partial charge in [0.25, 0.3) is 0 Å². The molecular weight excluding hydrogens is 254 g/mol. The summed E-state index contributed by atoms with van der Waals surface area (Å²) in [5.41, 5.74) is 1.20. The van der Waals surface area contributed by atoms with Gasteiger partial charge in [-0.05, 0) is 17.9 Å². The minimum Gasteiger partial charge on any atom is -0.382 e. The van der Waals surface area contributed by atoms with Crippen molar-refractivity contribution in [3.63, 3.8) is 0 Å². The maximum Gasteiger partial charge on any atom is 0.220 e. The Morgan fingerprint density at radius 2 is 1.95 bits per heavy atom. The van der Waals surface area contributed by atoms with E-state index in [-0.39, 0.29) is 11.8 Å². The van der Waals surface area contributed by atoms with Gasteiger partial charge in [0.1, 0.15) is 0 Å². The summed E-state index contributed by atoms with van der Waals surface area (Å²) in [6.45, 7) is 4.60. The zero-order valence-corrected chi connectivity index (χ0v) is 12.4. The Balaban J connectivity index is 2.08. The highest BCUT2D eigenvalue weighted by Crippen LogP contribution is 2.17. The number of amides is 1. The number of benzene rings is 1. The molecule has 0 aliphatic carbocycles. The Morgan fingerprint density at radius 3 is 2.65 bits per heavy atom. The van der Waals surface area contributed by atoms with Crippen LogP contribution in [0.4, 0.5) is 0 Å². The average Bonchev–Trinajstić information content (AvgIpc) is 2.47. The molecular formula is C16H25NO3. The number of carbonyl (C=O) groups is 1. The maximum absolute atomic E-state index is 11.8. The fourth-order valence-corrected chi connectivity index (χ4v) is 1.90. The number of rotatable bonds is 10. The number of ether oxygens (including phenoxy) is 2. The zero-order valence-electron chi connectivity index (χ0n) is 12.4. The van der Waals surface area contributed by atoms with E-state index in [0.29, 0.717) is 32.8 Å². The highest BCUT2D eigenvalue weighted by atomic mass is 16.5. The number of carbonyl (C=O) groups excluding carboxylic acids is 1. The molecule has 0 bridgehead atoms. The third kappa shape index (κ3) is 7.26. The lowest BCUT2D eigenvalue weighted by Gasteiger charge is -2.12. The van der Waals surface area contributed by atoms with Crippen LogP contribution in [0.25, 0.3) is 0 Å². The molecule has 0 aliphatic rings. The Hall–Kier alpha value is -1.39. The molecule has 0 radical (unpaired) electrons. The normalized spacial score (nSPS) is 12.1. The zero-order chi connectivity index (χ0) is 14.6. The quantitative estimate of drug-likeness (QED) is 0.669. The predicted molar refractivity (Wildman–Crippen MR) is 79.8 cm³/mol. The Morgan fingerprint density at radius 1 is 1.20 bits per heavy atom. The second kappa shape index (κ2) is 10.4. The first-order valence-electron chi connectivity index (χ1n) is 7.12. The molecule has 1 aromatic rings. The van der Waals surface area contributed by atoms with Crippen molar-refractivity contribution < 1.29 is 14.3 Å². The Labute approximate surface area is 121 Å². The average molecular weight is 279 g/mol. The fourth-order valence-electron chi connectivity index (χ4n) is 1.90. The molecule has 1 N–H and O–H groups in total. The molecule has 112 valence electrons. The van der Waals surface area contributed by atoms with Crippen molar-refractivity contribution in [3.05, 3.63) is 35.9 Å². The molecule has 20 heavy (non-hydrogen) atoms. The van der Waals surface area contributed by atoms with Crippen LogP contribution in [0.15, 0.2) is 30.3 Å². The molecule has 1 rings (SSSR count). The minimum atomic E-state index is 0.0956. The molecule has 4 heteroatoms. The van der Waals surface area contributed by atoms with Crippen LogP contribution in [0, 0.1) is 0 Å². The van der Waals surface area contributed by atoms with Gasteiger partial charge in [-0.1, -0.05) is 37.3 Å². The number of hydrogen-bond donors (Lipinski definition) is 1. The number of methoxy groups -OCH3 is 1. The molecule has 1 atom stereocenters. The van der Waals surface area contributed by atoms with Gasteiger partial charge in [-0.3, -0.25) is 4.79 Å². The van der Waals surface area contributed by atoms with Gasteiger partial charge < -0.3 is 14.8 Å². The van der Waals surface area contributed by atoms with E-state index in [9.17, 15) is 4.79 Å². The summed E-state index contributed by atoms with van der Waals surface area (Å²) in [6.07, 6.45) is 1.35. The Kier molecular flexibility index (Phi) is 8.67. The number of nitrogens with one attached hydrogen (secondary N) is 1. The van der Waals surface area contributed by atoms with E-state index >= 15 is 0 Å². The molecule has 0 fully saturated rings. The third-order valence-corrected chi connectivity index (χ3v) is 3.08. The Bertz CT molecular complexity index is 367. The second-order valence-electron chi connectivity index (χ2n) is 4.82. The van der Waals surface area contributed by atoms with Gasteiger partial charge in [-0.15, -0.1) is 0 Å². The summed E-state index contributed by atoms with van der Waals surface area (Å²) in [5.74, 6) is 0.340. The monoisotopic (exact) mass is 279 g/mol. The van der Waals surface area contributed by atoms with Gasteiger partial charge in [-0.25, -0.2) is 0 Å². The number of hydrogen-bond acceptors (Lipinski definition) is 3. The van der Waals surface area contributed by atoms with Gasteiger partial charge in [0.15, 0.2) is 0 Å². The summed E-state index contributed by atoms with van der Waals surface area (Å²) in [7, 11) is 1.65. The highest BCUT2D eigenvalue weighted by Gasteiger charge is 2.10.